The fourth-order valence-corrected chi connectivity index (χ4v) is 7.47. The number of rotatable bonds is 6. The highest BCUT2D eigenvalue weighted by Crippen LogP contribution is 2.52. The van der Waals surface area contributed by atoms with Crippen LogP contribution in [0.3, 0.4) is 0 Å². The molecular formula is C41H48N2O6. The Morgan fingerprint density at radius 2 is 1.33 bits per heavy atom. The molecular weight excluding hydrogens is 616 g/mol. The van der Waals surface area contributed by atoms with Crippen molar-refractivity contribution in [1.29, 1.82) is 0 Å². The van der Waals surface area contributed by atoms with Crippen LogP contribution in [0.15, 0.2) is 60.7 Å². The number of hydrogen-bond acceptors (Lipinski definition) is 8. The molecule has 0 aromatic heterocycles. The molecule has 0 radical (unpaired) electrons. The number of likely N-dealkylation sites (N-methyl/N-ethyl adjacent to an activating group) is 2. The quantitative estimate of drug-likeness (QED) is 0.205. The normalized spacial score (nSPS) is 18.9. The third kappa shape index (κ3) is 6.52. The van der Waals surface area contributed by atoms with Crippen molar-refractivity contribution in [2.45, 2.75) is 51.6 Å². The largest absolute Gasteiger partial charge is 0.493 e. The summed E-state index contributed by atoms with van der Waals surface area (Å²) in [5, 5.41) is 0. The van der Waals surface area contributed by atoms with Gasteiger partial charge in [0, 0.05) is 30.7 Å². The molecule has 6 bridgehead atoms. The van der Waals surface area contributed by atoms with Gasteiger partial charge in [-0.05, 0) is 116 Å². The van der Waals surface area contributed by atoms with Crippen molar-refractivity contribution in [1.82, 2.24) is 9.80 Å². The minimum atomic E-state index is -0.00651. The minimum Gasteiger partial charge on any atom is -0.493 e. The third-order valence-electron chi connectivity index (χ3n) is 10.2. The Morgan fingerprint density at radius 1 is 0.694 bits per heavy atom. The van der Waals surface area contributed by atoms with Crippen LogP contribution in [0, 0.1) is 5.92 Å². The summed E-state index contributed by atoms with van der Waals surface area (Å²) in [5.74, 6) is 5.85. The fraction of sp³-hybridized carbons (Fsp3) is 0.415. The smallest absolute Gasteiger partial charge is 0.204 e. The molecule has 4 aromatic rings. The summed E-state index contributed by atoms with van der Waals surface area (Å²) < 4.78 is 38.1. The molecule has 8 nitrogen and oxygen atoms in total. The van der Waals surface area contributed by atoms with Crippen LogP contribution in [0.5, 0.6) is 46.0 Å². The second-order valence-corrected chi connectivity index (χ2v) is 14.0. The minimum absolute atomic E-state index is 0.00651. The number of fused-ring (bicyclic) bond motifs is 2. The molecule has 0 aliphatic carbocycles. The lowest BCUT2D eigenvalue weighted by molar-refractivity contribution is 0.213. The molecule has 0 amide bonds. The van der Waals surface area contributed by atoms with Crippen molar-refractivity contribution >= 4 is 0 Å². The van der Waals surface area contributed by atoms with E-state index < -0.39 is 0 Å². The first-order valence-electron chi connectivity index (χ1n) is 17.4. The molecule has 49 heavy (non-hydrogen) atoms. The average molecular weight is 665 g/mol. The highest BCUT2D eigenvalue weighted by Gasteiger charge is 2.35. The summed E-state index contributed by atoms with van der Waals surface area (Å²) in [6, 6.07) is 21.3. The summed E-state index contributed by atoms with van der Waals surface area (Å²) in [4.78, 5) is 4.85. The lowest BCUT2D eigenvalue weighted by Crippen LogP contribution is -2.34. The van der Waals surface area contributed by atoms with E-state index in [9.17, 15) is 0 Å². The fourth-order valence-electron chi connectivity index (χ4n) is 7.47. The van der Waals surface area contributed by atoms with Gasteiger partial charge in [0.05, 0.1) is 27.9 Å². The van der Waals surface area contributed by atoms with Crippen LogP contribution in [0.1, 0.15) is 59.3 Å². The van der Waals surface area contributed by atoms with Gasteiger partial charge in [-0.25, -0.2) is 0 Å². The molecule has 4 aliphatic heterocycles. The van der Waals surface area contributed by atoms with Crippen molar-refractivity contribution in [3.05, 3.63) is 94.0 Å². The Hall–Kier alpha value is -4.40. The first-order chi connectivity index (χ1) is 23.8. The zero-order valence-electron chi connectivity index (χ0n) is 29.8. The van der Waals surface area contributed by atoms with E-state index >= 15 is 0 Å². The van der Waals surface area contributed by atoms with Crippen LogP contribution < -0.4 is 28.4 Å². The molecule has 8 rings (SSSR count). The van der Waals surface area contributed by atoms with Crippen LogP contribution in [0.25, 0.3) is 0 Å². The van der Waals surface area contributed by atoms with Gasteiger partial charge in [0.2, 0.25) is 5.75 Å². The zero-order chi connectivity index (χ0) is 34.2. The Labute approximate surface area is 290 Å². The number of benzene rings is 4. The first kappa shape index (κ1) is 33.1. The topological polar surface area (TPSA) is 61.9 Å². The van der Waals surface area contributed by atoms with Gasteiger partial charge in [-0.1, -0.05) is 32.0 Å². The van der Waals surface area contributed by atoms with E-state index in [1.165, 1.54) is 22.3 Å². The third-order valence-corrected chi connectivity index (χ3v) is 10.2. The van der Waals surface area contributed by atoms with Gasteiger partial charge >= 0.3 is 0 Å². The number of hydrogen-bond donors (Lipinski definition) is 0. The Bertz CT molecular complexity index is 1820. The first-order valence-corrected chi connectivity index (χ1v) is 17.4. The van der Waals surface area contributed by atoms with Gasteiger partial charge < -0.3 is 28.4 Å². The van der Waals surface area contributed by atoms with Crippen LogP contribution in [0.2, 0.25) is 0 Å². The summed E-state index contributed by atoms with van der Waals surface area (Å²) >= 11 is 0. The maximum Gasteiger partial charge on any atom is 0.204 e. The Kier molecular flexibility index (Phi) is 9.36. The summed E-state index contributed by atoms with van der Waals surface area (Å²) in [6.45, 7) is 6.68. The maximum absolute atomic E-state index is 7.17. The average Bonchev–Trinajstić information content (AvgIpc) is 3.10. The standard InChI is InChI=1S/C41H48N2O6/c1-25(2)24-47-40-38(46-7)22-29-15-17-43(4)33-19-27-10-13-34(44-5)36(20-27)48-30-11-8-26(9-12-30)18-32-31-23-37(49-41(40)39(29)33)35(45-6)21-28(31)14-16-42(32)3/h8-13,20-23,25,32-33H,14-19,24H2,1-7H3/t32-,33+/m0/s1. The van der Waals surface area contributed by atoms with E-state index in [0.29, 0.717) is 52.8 Å². The van der Waals surface area contributed by atoms with E-state index in [1.807, 2.05) is 6.07 Å². The lowest BCUT2D eigenvalue weighted by atomic mass is 9.87. The van der Waals surface area contributed by atoms with Gasteiger partial charge in [-0.2, -0.15) is 0 Å². The van der Waals surface area contributed by atoms with Crippen molar-refractivity contribution in [3.63, 3.8) is 0 Å². The van der Waals surface area contributed by atoms with Crippen molar-refractivity contribution in [2.24, 2.45) is 5.92 Å². The van der Waals surface area contributed by atoms with E-state index in [1.54, 1.807) is 21.3 Å². The SMILES string of the molecule is COc1ccc2cc1Oc1ccc(cc1)C[C@H]1c3cc(c(OC)cc3CCN1C)Oc1c(OCC(C)C)c(OC)cc3c1[C@@H](C2)N(C)CC3. The number of ether oxygens (including phenoxy) is 6. The van der Waals surface area contributed by atoms with Crippen molar-refractivity contribution < 1.29 is 28.4 Å². The highest BCUT2D eigenvalue weighted by atomic mass is 16.6. The Balaban J connectivity index is 1.47. The number of nitrogens with zero attached hydrogens (tertiary/aromatic N) is 2. The van der Waals surface area contributed by atoms with Gasteiger partial charge in [-0.3, -0.25) is 9.80 Å². The molecule has 0 fully saturated rings. The van der Waals surface area contributed by atoms with Crippen LogP contribution in [-0.2, 0) is 25.7 Å². The van der Waals surface area contributed by atoms with E-state index in [4.69, 9.17) is 28.4 Å². The van der Waals surface area contributed by atoms with Gasteiger partial charge in [0.15, 0.2) is 34.5 Å². The monoisotopic (exact) mass is 664 g/mol. The van der Waals surface area contributed by atoms with Crippen molar-refractivity contribution in [2.75, 3.05) is 55.1 Å². The molecule has 0 saturated heterocycles. The molecule has 8 heteroatoms. The zero-order valence-corrected chi connectivity index (χ0v) is 29.8. The van der Waals surface area contributed by atoms with Crippen LogP contribution in [0.4, 0.5) is 0 Å². The second-order valence-electron chi connectivity index (χ2n) is 14.0. The van der Waals surface area contributed by atoms with E-state index in [2.05, 4.69) is 92.3 Å². The Morgan fingerprint density at radius 3 is 2.04 bits per heavy atom. The lowest BCUT2D eigenvalue weighted by Gasteiger charge is -2.37. The predicted molar refractivity (Wildman–Crippen MR) is 191 cm³/mol. The molecule has 0 spiro atoms. The van der Waals surface area contributed by atoms with E-state index in [-0.39, 0.29) is 12.1 Å². The molecule has 0 saturated carbocycles. The van der Waals surface area contributed by atoms with Gasteiger partial charge in [0.1, 0.15) is 5.75 Å². The molecule has 0 N–H and O–H groups in total. The number of methoxy groups -OCH3 is 3. The molecule has 2 atom stereocenters. The van der Waals surface area contributed by atoms with Gasteiger partial charge in [0.25, 0.3) is 0 Å². The maximum atomic E-state index is 7.17. The van der Waals surface area contributed by atoms with Crippen LogP contribution in [-0.4, -0.2) is 64.9 Å². The van der Waals surface area contributed by atoms with Crippen LogP contribution >= 0.6 is 0 Å². The molecule has 0 unspecified atom stereocenters. The van der Waals surface area contributed by atoms with Crippen molar-refractivity contribution in [3.8, 4) is 46.0 Å². The summed E-state index contributed by atoms with van der Waals surface area (Å²) in [7, 11) is 9.50. The molecule has 4 heterocycles. The second kappa shape index (κ2) is 13.8. The van der Waals surface area contributed by atoms with Gasteiger partial charge in [-0.15, -0.1) is 0 Å². The van der Waals surface area contributed by atoms with E-state index in [0.717, 1.165) is 55.6 Å². The molecule has 258 valence electrons. The summed E-state index contributed by atoms with van der Waals surface area (Å²) in [5.41, 5.74) is 7.20. The summed E-state index contributed by atoms with van der Waals surface area (Å²) in [6.07, 6.45) is 3.37. The molecule has 4 aromatic carbocycles. The highest BCUT2D eigenvalue weighted by molar-refractivity contribution is 5.64. The molecule has 4 aliphatic rings. The predicted octanol–water partition coefficient (Wildman–Crippen LogP) is 8.19.